The summed E-state index contributed by atoms with van der Waals surface area (Å²) in [5.41, 5.74) is 2.69. The van der Waals surface area contributed by atoms with Crippen molar-refractivity contribution in [2.75, 3.05) is 13.6 Å². The van der Waals surface area contributed by atoms with Crippen LogP contribution in [-0.4, -0.2) is 19.7 Å². The van der Waals surface area contributed by atoms with Crippen LogP contribution in [0.4, 0.5) is 0 Å². The van der Waals surface area contributed by atoms with Crippen LogP contribution in [0.5, 0.6) is 0 Å². The highest BCUT2D eigenvalue weighted by Gasteiger charge is 2.21. The molecule has 0 spiro atoms. The quantitative estimate of drug-likeness (QED) is 0.845. The number of likely N-dealkylation sites (N-methyl/N-ethyl adjacent to an activating group) is 1. The molecule has 1 aromatic carbocycles. The predicted molar refractivity (Wildman–Crippen MR) is 80.3 cm³/mol. The van der Waals surface area contributed by atoms with Crippen molar-refractivity contribution in [1.82, 2.24) is 5.32 Å². The average molecular weight is 261 g/mol. The van der Waals surface area contributed by atoms with Crippen molar-refractivity contribution in [2.45, 2.75) is 51.7 Å². The van der Waals surface area contributed by atoms with Gasteiger partial charge in [-0.1, -0.05) is 44.0 Å². The van der Waals surface area contributed by atoms with Gasteiger partial charge in [0.1, 0.15) is 0 Å². The second-order valence-corrected chi connectivity index (χ2v) is 5.78. The van der Waals surface area contributed by atoms with Crippen LogP contribution in [0.2, 0.25) is 0 Å². The van der Waals surface area contributed by atoms with Crippen LogP contribution < -0.4 is 5.32 Å². The molecule has 1 aliphatic carbocycles. The first-order valence-electron chi connectivity index (χ1n) is 7.63. The van der Waals surface area contributed by atoms with Gasteiger partial charge in [0.25, 0.3) is 0 Å². The van der Waals surface area contributed by atoms with E-state index in [1.807, 2.05) is 7.05 Å². The second kappa shape index (κ2) is 7.66. The van der Waals surface area contributed by atoms with E-state index >= 15 is 0 Å². The van der Waals surface area contributed by atoms with Gasteiger partial charge in [-0.3, -0.25) is 0 Å². The maximum atomic E-state index is 6.09. The Hall–Kier alpha value is -0.860. The van der Waals surface area contributed by atoms with Crippen molar-refractivity contribution in [2.24, 2.45) is 5.92 Å². The largest absolute Gasteiger partial charge is 0.373 e. The third-order valence-corrected chi connectivity index (χ3v) is 4.18. The highest BCUT2D eigenvalue weighted by Crippen LogP contribution is 2.27. The SMILES string of the molecule is CNCCc1ccc(COC2CCCCC2C)cc1. The number of benzene rings is 1. The molecule has 2 heteroatoms. The third kappa shape index (κ3) is 4.63. The van der Waals surface area contributed by atoms with Crippen LogP contribution in [0.15, 0.2) is 24.3 Å². The van der Waals surface area contributed by atoms with Crippen LogP contribution in [0.25, 0.3) is 0 Å². The summed E-state index contributed by atoms with van der Waals surface area (Å²) < 4.78 is 6.09. The minimum Gasteiger partial charge on any atom is -0.373 e. The molecule has 0 radical (unpaired) electrons. The molecule has 0 aliphatic heterocycles. The van der Waals surface area contributed by atoms with Gasteiger partial charge in [-0.25, -0.2) is 0 Å². The van der Waals surface area contributed by atoms with Crippen LogP contribution in [0.3, 0.4) is 0 Å². The lowest BCUT2D eigenvalue weighted by Crippen LogP contribution is -2.25. The Morgan fingerprint density at radius 2 is 1.79 bits per heavy atom. The van der Waals surface area contributed by atoms with E-state index < -0.39 is 0 Å². The summed E-state index contributed by atoms with van der Waals surface area (Å²) in [5.74, 6) is 0.726. The van der Waals surface area contributed by atoms with Crippen LogP contribution in [-0.2, 0) is 17.8 Å². The van der Waals surface area contributed by atoms with Gasteiger partial charge >= 0.3 is 0 Å². The summed E-state index contributed by atoms with van der Waals surface area (Å²) in [5, 5.41) is 3.18. The summed E-state index contributed by atoms with van der Waals surface area (Å²) in [7, 11) is 1.99. The molecule has 2 unspecified atom stereocenters. The fourth-order valence-corrected chi connectivity index (χ4v) is 2.80. The molecule has 19 heavy (non-hydrogen) atoms. The van der Waals surface area contributed by atoms with Gasteiger partial charge in [0.15, 0.2) is 0 Å². The van der Waals surface area contributed by atoms with Crippen molar-refractivity contribution in [3.63, 3.8) is 0 Å². The molecular weight excluding hydrogens is 234 g/mol. The maximum Gasteiger partial charge on any atom is 0.0720 e. The van der Waals surface area contributed by atoms with E-state index in [4.69, 9.17) is 4.74 Å². The van der Waals surface area contributed by atoms with E-state index in [0.717, 1.165) is 25.5 Å². The molecule has 1 aliphatic rings. The fraction of sp³-hybridized carbons (Fsp3) is 0.647. The van der Waals surface area contributed by atoms with E-state index in [9.17, 15) is 0 Å². The van der Waals surface area contributed by atoms with E-state index in [0.29, 0.717) is 6.10 Å². The van der Waals surface area contributed by atoms with Crippen molar-refractivity contribution in [3.8, 4) is 0 Å². The smallest absolute Gasteiger partial charge is 0.0720 e. The normalized spacial score (nSPS) is 23.5. The predicted octanol–water partition coefficient (Wildman–Crippen LogP) is 3.54. The van der Waals surface area contributed by atoms with Crippen molar-refractivity contribution in [3.05, 3.63) is 35.4 Å². The summed E-state index contributed by atoms with van der Waals surface area (Å²) >= 11 is 0. The first kappa shape index (κ1) is 14.5. The molecular formula is C17H27NO. The Bertz CT molecular complexity index is 360. The van der Waals surface area contributed by atoms with Crippen molar-refractivity contribution < 1.29 is 4.74 Å². The minimum absolute atomic E-state index is 0.470. The maximum absolute atomic E-state index is 6.09. The monoisotopic (exact) mass is 261 g/mol. The van der Waals surface area contributed by atoms with Crippen LogP contribution >= 0.6 is 0 Å². The molecule has 1 aromatic rings. The first-order valence-corrected chi connectivity index (χ1v) is 7.63. The van der Waals surface area contributed by atoms with Gasteiger partial charge in [-0.2, -0.15) is 0 Å². The molecule has 106 valence electrons. The fourth-order valence-electron chi connectivity index (χ4n) is 2.80. The zero-order chi connectivity index (χ0) is 13.5. The van der Waals surface area contributed by atoms with E-state index in [2.05, 4.69) is 36.5 Å². The van der Waals surface area contributed by atoms with Gasteiger partial charge in [0.2, 0.25) is 0 Å². The zero-order valence-corrected chi connectivity index (χ0v) is 12.3. The Labute approximate surface area is 117 Å². The third-order valence-electron chi connectivity index (χ3n) is 4.18. The molecule has 0 aromatic heterocycles. The molecule has 0 heterocycles. The molecule has 2 nitrogen and oxygen atoms in total. The Morgan fingerprint density at radius 3 is 2.47 bits per heavy atom. The molecule has 2 rings (SSSR count). The standard InChI is InChI=1S/C17H27NO/c1-14-5-3-4-6-17(14)19-13-16-9-7-15(8-10-16)11-12-18-2/h7-10,14,17-18H,3-6,11-13H2,1-2H3. The minimum atomic E-state index is 0.470. The molecule has 0 saturated heterocycles. The highest BCUT2D eigenvalue weighted by atomic mass is 16.5. The number of rotatable bonds is 6. The van der Waals surface area contributed by atoms with Gasteiger partial charge in [0.05, 0.1) is 12.7 Å². The van der Waals surface area contributed by atoms with Crippen molar-refractivity contribution in [1.29, 1.82) is 0 Å². The summed E-state index contributed by atoms with van der Waals surface area (Å²) in [6.07, 6.45) is 6.84. The number of nitrogens with one attached hydrogen (secondary N) is 1. The number of hydrogen-bond donors (Lipinski definition) is 1. The lowest BCUT2D eigenvalue weighted by Gasteiger charge is -2.28. The number of hydrogen-bond acceptors (Lipinski definition) is 2. The Balaban J connectivity index is 1.79. The Kier molecular flexibility index (Phi) is 5.87. The van der Waals surface area contributed by atoms with Crippen LogP contribution in [0, 0.1) is 5.92 Å². The molecule has 0 bridgehead atoms. The van der Waals surface area contributed by atoms with Gasteiger partial charge in [-0.15, -0.1) is 0 Å². The summed E-state index contributed by atoms with van der Waals surface area (Å²) in [4.78, 5) is 0. The second-order valence-electron chi connectivity index (χ2n) is 5.78. The lowest BCUT2D eigenvalue weighted by atomic mass is 9.88. The molecule has 1 fully saturated rings. The first-order chi connectivity index (χ1) is 9.29. The van der Waals surface area contributed by atoms with Gasteiger partial charge in [-0.05, 0) is 49.9 Å². The van der Waals surface area contributed by atoms with E-state index in [-0.39, 0.29) is 0 Å². The average Bonchev–Trinajstić information content (AvgIpc) is 2.45. The number of ether oxygens (including phenoxy) is 1. The van der Waals surface area contributed by atoms with Gasteiger partial charge in [0, 0.05) is 0 Å². The highest BCUT2D eigenvalue weighted by molar-refractivity contribution is 5.22. The van der Waals surface area contributed by atoms with E-state index in [1.165, 1.54) is 36.8 Å². The van der Waals surface area contributed by atoms with Crippen molar-refractivity contribution >= 4 is 0 Å². The molecule has 0 amide bonds. The zero-order valence-electron chi connectivity index (χ0n) is 12.3. The van der Waals surface area contributed by atoms with E-state index in [1.54, 1.807) is 0 Å². The molecule has 2 atom stereocenters. The van der Waals surface area contributed by atoms with Crippen LogP contribution in [0.1, 0.15) is 43.7 Å². The topological polar surface area (TPSA) is 21.3 Å². The summed E-state index contributed by atoms with van der Waals surface area (Å²) in [6, 6.07) is 8.86. The lowest BCUT2D eigenvalue weighted by molar-refractivity contribution is -0.0154. The molecule has 1 N–H and O–H groups in total. The molecule has 1 saturated carbocycles. The van der Waals surface area contributed by atoms with Gasteiger partial charge < -0.3 is 10.1 Å². The summed E-state index contributed by atoms with van der Waals surface area (Å²) in [6.45, 7) is 4.13. The Morgan fingerprint density at radius 1 is 1.11 bits per heavy atom.